The van der Waals surface area contributed by atoms with E-state index >= 15 is 0 Å². The van der Waals surface area contributed by atoms with E-state index in [9.17, 15) is 27.6 Å². The highest BCUT2D eigenvalue weighted by Crippen LogP contribution is 2.44. The normalized spacial score (nSPS) is 17.4. The molecule has 266 valence electrons. The summed E-state index contributed by atoms with van der Waals surface area (Å²) >= 11 is 0. The first-order valence-electron chi connectivity index (χ1n) is 15.8. The van der Waals surface area contributed by atoms with Crippen molar-refractivity contribution < 1.29 is 46.5 Å². The largest absolute Gasteiger partial charge is 0.493 e. The van der Waals surface area contributed by atoms with E-state index < -0.39 is 51.1 Å². The molecule has 0 aromatic heterocycles. The Morgan fingerprint density at radius 2 is 1.62 bits per heavy atom. The van der Waals surface area contributed by atoms with Gasteiger partial charge in [0.05, 0.1) is 50.5 Å². The van der Waals surface area contributed by atoms with E-state index in [-0.39, 0.29) is 35.0 Å². The molecule has 3 aromatic carbocycles. The molecule has 15 heteroatoms. The van der Waals surface area contributed by atoms with E-state index in [1.54, 1.807) is 36.4 Å². The van der Waals surface area contributed by atoms with Crippen LogP contribution in [0.15, 0.2) is 59.5 Å². The lowest BCUT2D eigenvalue weighted by atomic mass is 9.92. The van der Waals surface area contributed by atoms with Crippen LogP contribution in [0.2, 0.25) is 0 Å². The van der Waals surface area contributed by atoms with Gasteiger partial charge in [0.2, 0.25) is 5.91 Å². The third-order valence-electron chi connectivity index (χ3n) is 8.97. The molecule has 0 unspecified atom stereocenters. The average molecular weight is 709 g/mol. The van der Waals surface area contributed by atoms with E-state index in [0.29, 0.717) is 34.9 Å². The Morgan fingerprint density at radius 3 is 2.28 bits per heavy atom. The standard InChI is InChI=1S/C35H40N4O10S/c1-19(2)50(44,45)29-12-10-23(38-35(43)49-6)17-26(29)31-24(34(42)48-5)13-14-39(31)33(41)30(20-8-11-27(46-3)28(15-20)47-4)37-22-9-7-21-18-36-32(40)25(21)16-22/h7-12,15-17,19,24,30-31,37H,13-14,18H2,1-6H3,(H,36,40)(H,38,43)/t24-,30+,31+/m0/s1. The van der Waals surface area contributed by atoms with Crippen molar-refractivity contribution in [2.45, 2.75) is 49.0 Å². The third-order valence-corrected chi connectivity index (χ3v) is 11.2. The van der Waals surface area contributed by atoms with Crippen LogP contribution in [0.1, 0.15) is 59.4 Å². The van der Waals surface area contributed by atoms with Crippen molar-refractivity contribution in [3.05, 3.63) is 76.9 Å². The number of fused-ring (bicyclic) bond motifs is 1. The fraction of sp³-hybridized carbons (Fsp3) is 0.371. The maximum absolute atomic E-state index is 15.0. The van der Waals surface area contributed by atoms with E-state index in [4.69, 9.17) is 18.9 Å². The van der Waals surface area contributed by atoms with E-state index in [2.05, 4.69) is 16.0 Å². The molecule has 3 amide bonds. The van der Waals surface area contributed by atoms with Gasteiger partial charge in [-0.15, -0.1) is 0 Å². The second-order valence-corrected chi connectivity index (χ2v) is 14.6. The van der Waals surface area contributed by atoms with Crippen LogP contribution in [-0.2, 0) is 35.4 Å². The number of nitrogens with zero attached hydrogens (tertiary/aromatic N) is 1. The summed E-state index contributed by atoms with van der Waals surface area (Å²) < 4.78 is 48.4. The minimum Gasteiger partial charge on any atom is -0.493 e. The minimum atomic E-state index is -3.97. The van der Waals surface area contributed by atoms with Crippen LogP contribution in [-0.4, -0.2) is 77.4 Å². The van der Waals surface area contributed by atoms with E-state index in [0.717, 1.165) is 5.56 Å². The van der Waals surface area contributed by atoms with Crippen LogP contribution in [0.3, 0.4) is 0 Å². The van der Waals surface area contributed by atoms with Crippen molar-refractivity contribution in [3.63, 3.8) is 0 Å². The maximum atomic E-state index is 15.0. The molecule has 5 rings (SSSR count). The number of carbonyl (C=O) groups is 4. The highest BCUT2D eigenvalue weighted by atomic mass is 32.2. The average Bonchev–Trinajstić information content (AvgIpc) is 3.73. The Balaban J connectivity index is 1.67. The molecule has 0 aliphatic carbocycles. The number of ether oxygens (including phenoxy) is 4. The lowest BCUT2D eigenvalue weighted by Gasteiger charge is -2.33. The number of esters is 1. The Hall–Kier alpha value is -5.31. The molecular formula is C35H40N4O10S. The summed E-state index contributed by atoms with van der Waals surface area (Å²) in [6.07, 6.45) is -0.628. The number of anilines is 2. The van der Waals surface area contributed by atoms with Gasteiger partial charge in [-0.05, 0) is 79.4 Å². The number of carbonyl (C=O) groups excluding carboxylic acids is 4. The molecule has 0 spiro atoms. The van der Waals surface area contributed by atoms with Gasteiger partial charge in [0, 0.05) is 30.0 Å². The minimum absolute atomic E-state index is 0.0666. The second kappa shape index (κ2) is 14.7. The fourth-order valence-electron chi connectivity index (χ4n) is 6.32. The van der Waals surface area contributed by atoms with Crippen molar-refractivity contribution in [1.82, 2.24) is 10.2 Å². The van der Waals surface area contributed by atoms with Crippen LogP contribution in [0.25, 0.3) is 0 Å². The van der Waals surface area contributed by atoms with Gasteiger partial charge < -0.3 is 34.5 Å². The lowest BCUT2D eigenvalue weighted by molar-refractivity contribution is -0.147. The van der Waals surface area contributed by atoms with Crippen molar-refractivity contribution in [2.75, 3.05) is 45.6 Å². The Kier molecular flexibility index (Phi) is 10.6. The van der Waals surface area contributed by atoms with Crippen molar-refractivity contribution in [1.29, 1.82) is 0 Å². The third kappa shape index (κ3) is 6.90. The molecule has 0 saturated carbocycles. The molecule has 1 fully saturated rings. The molecule has 2 aliphatic rings. The number of amides is 3. The van der Waals surface area contributed by atoms with Gasteiger partial charge >= 0.3 is 12.1 Å². The van der Waals surface area contributed by atoms with Gasteiger partial charge in [-0.1, -0.05) is 12.1 Å². The van der Waals surface area contributed by atoms with Crippen molar-refractivity contribution in [2.24, 2.45) is 5.92 Å². The highest BCUT2D eigenvalue weighted by molar-refractivity contribution is 7.92. The predicted molar refractivity (Wildman–Crippen MR) is 183 cm³/mol. The number of sulfone groups is 1. The van der Waals surface area contributed by atoms with Gasteiger partial charge in [0.25, 0.3) is 5.91 Å². The first-order chi connectivity index (χ1) is 23.8. The van der Waals surface area contributed by atoms with Crippen LogP contribution < -0.4 is 25.4 Å². The van der Waals surface area contributed by atoms with Crippen molar-refractivity contribution >= 4 is 45.1 Å². The summed E-state index contributed by atoms with van der Waals surface area (Å²) in [4.78, 5) is 54.3. The number of nitrogens with one attached hydrogen (secondary N) is 3. The summed E-state index contributed by atoms with van der Waals surface area (Å²) in [6.45, 7) is 3.52. The zero-order valence-corrected chi connectivity index (χ0v) is 29.4. The molecular weight excluding hydrogens is 668 g/mol. The maximum Gasteiger partial charge on any atom is 0.411 e. The topological polar surface area (TPSA) is 179 Å². The predicted octanol–water partition coefficient (Wildman–Crippen LogP) is 4.22. The van der Waals surface area contributed by atoms with Crippen LogP contribution in [0.5, 0.6) is 11.5 Å². The zero-order chi connectivity index (χ0) is 36.3. The monoisotopic (exact) mass is 708 g/mol. The summed E-state index contributed by atoms with van der Waals surface area (Å²) in [5.41, 5.74) is 2.55. The Labute approximate surface area is 290 Å². The number of hydrogen-bond donors (Lipinski definition) is 3. The summed E-state index contributed by atoms with van der Waals surface area (Å²) in [7, 11) is 1.40. The van der Waals surface area contributed by atoms with E-state index in [1.807, 2.05) is 0 Å². The number of methoxy groups -OCH3 is 4. The number of likely N-dealkylation sites (tertiary alicyclic amines) is 1. The molecule has 2 aliphatic heterocycles. The lowest BCUT2D eigenvalue weighted by Crippen LogP contribution is -2.40. The van der Waals surface area contributed by atoms with Gasteiger partial charge in [0.15, 0.2) is 21.3 Å². The fourth-order valence-corrected chi connectivity index (χ4v) is 7.59. The molecule has 1 saturated heterocycles. The molecule has 0 bridgehead atoms. The van der Waals surface area contributed by atoms with Crippen LogP contribution in [0, 0.1) is 5.92 Å². The molecule has 3 aromatic rings. The number of rotatable bonds is 11. The molecule has 50 heavy (non-hydrogen) atoms. The first-order valence-corrected chi connectivity index (χ1v) is 17.4. The number of benzene rings is 3. The SMILES string of the molecule is COC(=O)Nc1ccc(S(=O)(=O)C(C)C)c([C@H]2[C@@H](C(=O)OC)CCN2C(=O)[C@H](Nc2ccc3c(c2)C(=O)NC3)c2ccc(OC)c(OC)c2)c1. The molecule has 3 N–H and O–H groups in total. The summed E-state index contributed by atoms with van der Waals surface area (Å²) in [5, 5.41) is 7.76. The van der Waals surface area contributed by atoms with Gasteiger partial charge in [-0.3, -0.25) is 19.7 Å². The quantitative estimate of drug-likeness (QED) is 0.243. The zero-order valence-electron chi connectivity index (χ0n) is 28.6. The Bertz CT molecular complexity index is 1930. The Morgan fingerprint density at radius 1 is 0.900 bits per heavy atom. The van der Waals surface area contributed by atoms with Gasteiger partial charge in [0.1, 0.15) is 6.04 Å². The van der Waals surface area contributed by atoms with E-state index in [1.165, 1.54) is 65.4 Å². The van der Waals surface area contributed by atoms with Crippen LogP contribution in [0.4, 0.5) is 16.2 Å². The molecule has 2 heterocycles. The second-order valence-electron chi connectivity index (χ2n) is 12.1. The van der Waals surface area contributed by atoms with Gasteiger partial charge in [-0.25, -0.2) is 13.2 Å². The van der Waals surface area contributed by atoms with Crippen molar-refractivity contribution in [3.8, 4) is 11.5 Å². The summed E-state index contributed by atoms with van der Waals surface area (Å²) in [5.74, 6) is -1.54. The first kappa shape index (κ1) is 36.0. The molecule has 0 radical (unpaired) electrons. The highest BCUT2D eigenvalue weighted by Gasteiger charge is 2.47. The smallest absolute Gasteiger partial charge is 0.411 e. The molecule has 3 atom stereocenters. The van der Waals surface area contributed by atoms with Gasteiger partial charge in [-0.2, -0.15) is 0 Å². The van der Waals surface area contributed by atoms with Crippen LogP contribution >= 0.6 is 0 Å². The number of hydrogen-bond acceptors (Lipinski definition) is 11. The summed E-state index contributed by atoms with van der Waals surface area (Å²) in [6, 6.07) is 12.2. The molecule has 14 nitrogen and oxygen atoms in total.